The van der Waals surface area contributed by atoms with Gasteiger partial charge in [-0.15, -0.1) is 12.4 Å². The van der Waals surface area contributed by atoms with E-state index in [1.165, 1.54) is 5.56 Å². The van der Waals surface area contributed by atoms with Gasteiger partial charge in [-0.1, -0.05) is 12.1 Å². The maximum atomic E-state index is 5.41. The molecule has 4 nitrogen and oxygen atoms in total. The van der Waals surface area contributed by atoms with Crippen molar-refractivity contribution < 1.29 is 14.2 Å². The molecule has 0 spiro atoms. The highest BCUT2D eigenvalue weighted by molar-refractivity contribution is 5.88. The molecule has 2 aromatic carbocycles. The van der Waals surface area contributed by atoms with Gasteiger partial charge in [-0.05, 0) is 41.3 Å². The maximum absolute atomic E-state index is 5.41. The summed E-state index contributed by atoms with van der Waals surface area (Å²) in [7, 11) is 4.95. The number of halogens is 1. The first kappa shape index (κ1) is 17.9. The zero-order valence-corrected chi connectivity index (χ0v) is 14.7. The summed E-state index contributed by atoms with van der Waals surface area (Å²) in [6.07, 6.45) is 2.57. The van der Waals surface area contributed by atoms with Crippen molar-refractivity contribution in [2.24, 2.45) is 0 Å². The van der Waals surface area contributed by atoms with E-state index in [1.807, 2.05) is 36.5 Å². The van der Waals surface area contributed by atoms with Crippen molar-refractivity contribution in [3.8, 4) is 17.2 Å². The highest BCUT2D eigenvalue weighted by Crippen LogP contribution is 2.33. The van der Waals surface area contributed by atoms with Crippen LogP contribution < -0.4 is 14.2 Å². The molecule has 0 saturated carbocycles. The fourth-order valence-electron chi connectivity index (χ4n) is 2.64. The number of aromatic nitrogens is 1. The van der Waals surface area contributed by atoms with Crippen LogP contribution in [0.5, 0.6) is 17.2 Å². The van der Waals surface area contributed by atoms with E-state index in [2.05, 4.69) is 17.1 Å². The second-order valence-corrected chi connectivity index (χ2v) is 5.21. The van der Waals surface area contributed by atoms with Crippen molar-refractivity contribution >= 4 is 23.2 Å². The molecule has 0 aliphatic heterocycles. The molecule has 5 heteroatoms. The summed E-state index contributed by atoms with van der Waals surface area (Å²) in [6.45, 7) is 0. The normalized spacial score (nSPS) is 10.1. The molecule has 1 heterocycles. The van der Waals surface area contributed by atoms with Crippen LogP contribution in [-0.2, 0) is 6.42 Å². The van der Waals surface area contributed by atoms with Crippen molar-refractivity contribution in [2.75, 3.05) is 21.3 Å². The molecule has 0 radical (unpaired) electrons. The van der Waals surface area contributed by atoms with Crippen molar-refractivity contribution in [3.05, 3.63) is 59.9 Å². The fourth-order valence-corrected chi connectivity index (χ4v) is 2.64. The second-order valence-electron chi connectivity index (χ2n) is 5.21. The van der Waals surface area contributed by atoms with Crippen LogP contribution in [0.4, 0.5) is 0 Å². The van der Waals surface area contributed by atoms with Crippen LogP contribution in [0.3, 0.4) is 0 Å². The molecule has 0 aliphatic rings. The monoisotopic (exact) mass is 345 g/mol. The van der Waals surface area contributed by atoms with E-state index in [0.29, 0.717) is 5.75 Å². The number of hydrogen-bond donors (Lipinski definition) is 0. The van der Waals surface area contributed by atoms with Crippen LogP contribution in [-0.4, -0.2) is 26.3 Å². The Morgan fingerprint density at radius 1 is 0.833 bits per heavy atom. The highest BCUT2D eigenvalue weighted by Gasteiger charge is 2.10. The van der Waals surface area contributed by atoms with Crippen LogP contribution >= 0.6 is 12.4 Å². The van der Waals surface area contributed by atoms with Gasteiger partial charge >= 0.3 is 0 Å². The first-order chi connectivity index (χ1) is 11.2. The summed E-state index contributed by atoms with van der Waals surface area (Å²) >= 11 is 0. The van der Waals surface area contributed by atoms with Gasteiger partial charge in [0.2, 0.25) is 0 Å². The Morgan fingerprint density at radius 2 is 1.50 bits per heavy atom. The summed E-state index contributed by atoms with van der Waals surface area (Å²) in [6, 6.07) is 14.0. The molecular weight excluding hydrogens is 326 g/mol. The van der Waals surface area contributed by atoms with Crippen LogP contribution in [0.2, 0.25) is 0 Å². The zero-order chi connectivity index (χ0) is 16.2. The predicted octanol–water partition coefficient (Wildman–Crippen LogP) is 4.27. The van der Waals surface area contributed by atoms with Crippen LogP contribution in [0, 0.1) is 0 Å². The van der Waals surface area contributed by atoms with E-state index >= 15 is 0 Å². The molecular formula is C19H20ClNO3. The molecule has 0 N–H and O–H groups in total. The van der Waals surface area contributed by atoms with Crippen LogP contribution in [0.1, 0.15) is 11.3 Å². The number of fused-ring (bicyclic) bond motifs is 1. The zero-order valence-electron chi connectivity index (χ0n) is 13.9. The molecule has 0 atom stereocenters. The van der Waals surface area contributed by atoms with E-state index in [-0.39, 0.29) is 12.4 Å². The SMILES string of the molecule is COc1ccc(Cc2nccc3cc(OC)c(OC)cc23)cc1.Cl. The molecule has 24 heavy (non-hydrogen) atoms. The molecule has 126 valence electrons. The number of benzene rings is 2. The van der Waals surface area contributed by atoms with Gasteiger partial charge in [-0.2, -0.15) is 0 Å². The average molecular weight is 346 g/mol. The van der Waals surface area contributed by atoms with Crippen LogP contribution in [0.15, 0.2) is 48.7 Å². The largest absolute Gasteiger partial charge is 0.497 e. The summed E-state index contributed by atoms with van der Waals surface area (Å²) in [4.78, 5) is 4.55. The van der Waals surface area contributed by atoms with Gasteiger partial charge in [-0.3, -0.25) is 4.98 Å². The Labute approximate surface area is 147 Å². The lowest BCUT2D eigenvalue weighted by Gasteiger charge is -2.11. The van der Waals surface area contributed by atoms with Gasteiger partial charge in [0, 0.05) is 18.0 Å². The molecule has 0 amide bonds. The minimum Gasteiger partial charge on any atom is -0.497 e. The third-order valence-corrected chi connectivity index (χ3v) is 3.88. The lowest BCUT2D eigenvalue weighted by molar-refractivity contribution is 0.356. The summed E-state index contributed by atoms with van der Waals surface area (Å²) < 4.78 is 16.0. The molecule has 1 aromatic heterocycles. The van der Waals surface area contributed by atoms with Gasteiger partial charge in [0.05, 0.1) is 27.0 Å². The molecule has 0 unspecified atom stereocenters. The standard InChI is InChI=1S/C19H19NO3.ClH/c1-21-15-6-4-13(5-7-15)10-17-16-12-19(23-3)18(22-2)11-14(16)8-9-20-17;/h4-9,11-12H,10H2,1-3H3;1H. The van der Waals surface area contributed by atoms with E-state index in [4.69, 9.17) is 14.2 Å². The lowest BCUT2D eigenvalue weighted by atomic mass is 10.0. The lowest BCUT2D eigenvalue weighted by Crippen LogP contribution is -1.96. The van der Waals surface area contributed by atoms with Gasteiger partial charge in [0.1, 0.15) is 5.75 Å². The molecule has 0 bridgehead atoms. The molecule has 0 aliphatic carbocycles. The van der Waals surface area contributed by atoms with E-state index < -0.39 is 0 Å². The Morgan fingerprint density at radius 3 is 2.12 bits per heavy atom. The van der Waals surface area contributed by atoms with Crippen molar-refractivity contribution in [1.82, 2.24) is 4.98 Å². The number of pyridine rings is 1. The maximum Gasteiger partial charge on any atom is 0.161 e. The van der Waals surface area contributed by atoms with E-state index in [0.717, 1.165) is 34.4 Å². The topological polar surface area (TPSA) is 40.6 Å². The van der Waals surface area contributed by atoms with Crippen LogP contribution in [0.25, 0.3) is 10.8 Å². The average Bonchev–Trinajstić information content (AvgIpc) is 2.61. The molecule has 0 fully saturated rings. The van der Waals surface area contributed by atoms with E-state index in [1.54, 1.807) is 21.3 Å². The Kier molecular flexibility index (Phi) is 5.88. The minimum absolute atomic E-state index is 0. The number of nitrogens with zero attached hydrogens (tertiary/aromatic N) is 1. The van der Waals surface area contributed by atoms with Crippen molar-refractivity contribution in [1.29, 1.82) is 0 Å². The van der Waals surface area contributed by atoms with Gasteiger partial charge in [-0.25, -0.2) is 0 Å². The Balaban J connectivity index is 0.00000208. The molecule has 0 saturated heterocycles. The first-order valence-corrected chi connectivity index (χ1v) is 7.37. The molecule has 3 rings (SSSR count). The summed E-state index contributed by atoms with van der Waals surface area (Å²) in [5.74, 6) is 2.29. The second kappa shape index (κ2) is 7.88. The molecule has 3 aromatic rings. The number of ether oxygens (including phenoxy) is 3. The number of methoxy groups -OCH3 is 3. The van der Waals surface area contributed by atoms with E-state index in [9.17, 15) is 0 Å². The van der Waals surface area contributed by atoms with Crippen molar-refractivity contribution in [2.45, 2.75) is 6.42 Å². The minimum atomic E-state index is 0. The summed E-state index contributed by atoms with van der Waals surface area (Å²) in [5.41, 5.74) is 2.19. The summed E-state index contributed by atoms with van der Waals surface area (Å²) in [5, 5.41) is 2.15. The van der Waals surface area contributed by atoms with Gasteiger partial charge in [0.25, 0.3) is 0 Å². The Hall–Kier alpha value is -2.46. The first-order valence-electron chi connectivity index (χ1n) is 7.37. The third-order valence-electron chi connectivity index (χ3n) is 3.88. The van der Waals surface area contributed by atoms with Crippen molar-refractivity contribution in [3.63, 3.8) is 0 Å². The highest BCUT2D eigenvalue weighted by atomic mass is 35.5. The quantitative estimate of drug-likeness (QED) is 0.692. The number of rotatable bonds is 5. The predicted molar refractivity (Wildman–Crippen MR) is 97.9 cm³/mol. The van der Waals surface area contributed by atoms with Gasteiger partial charge in [0.15, 0.2) is 11.5 Å². The Bertz CT molecular complexity index is 819. The smallest absolute Gasteiger partial charge is 0.161 e. The third kappa shape index (κ3) is 3.54. The van der Waals surface area contributed by atoms with Gasteiger partial charge < -0.3 is 14.2 Å². The fraction of sp³-hybridized carbons (Fsp3) is 0.211. The number of hydrogen-bond acceptors (Lipinski definition) is 4.